The zero-order valence-electron chi connectivity index (χ0n) is 16.0. The van der Waals surface area contributed by atoms with Crippen molar-refractivity contribution in [2.45, 2.75) is 19.8 Å². The molecule has 1 saturated heterocycles. The van der Waals surface area contributed by atoms with Gasteiger partial charge in [-0.1, -0.05) is 38.1 Å². The van der Waals surface area contributed by atoms with Crippen LogP contribution in [0.25, 0.3) is 0 Å². The summed E-state index contributed by atoms with van der Waals surface area (Å²) in [6, 6.07) is 11.8. The summed E-state index contributed by atoms with van der Waals surface area (Å²) in [6.45, 7) is 5.01. The van der Waals surface area contributed by atoms with Crippen molar-refractivity contribution < 1.29 is 18.4 Å². The number of hydrogen-bond donors (Lipinski definition) is 1. The summed E-state index contributed by atoms with van der Waals surface area (Å²) in [4.78, 5) is 27.1. The molecular weight excluding hydrogens is 362 g/mol. The van der Waals surface area contributed by atoms with Crippen LogP contribution in [0.1, 0.15) is 35.7 Å². The van der Waals surface area contributed by atoms with Gasteiger partial charge in [-0.15, -0.1) is 0 Å². The Hall–Kier alpha value is -2.76. The number of halogens is 2. The van der Waals surface area contributed by atoms with Gasteiger partial charge in [-0.25, -0.2) is 8.78 Å². The van der Waals surface area contributed by atoms with Gasteiger partial charge in [-0.3, -0.25) is 9.59 Å². The van der Waals surface area contributed by atoms with E-state index in [2.05, 4.69) is 5.32 Å². The van der Waals surface area contributed by atoms with Gasteiger partial charge in [-0.05, 0) is 35.7 Å². The summed E-state index contributed by atoms with van der Waals surface area (Å²) >= 11 is 0. The molecule has 2 amide bonds. The van der Waals surface area contributed by atoms with E-state index in [-0.39, 0.29) is 36.3 Å². The van der Waals surface area contributed by atoms with Gasteiger partial charge < -0.3 is 10.2 Å². The molecule has 1 N–H and O–H groups in total. The van der Waals surface area contributed by atoms with E-state index >= 15 is 0 Å². The first-order valence-corrected chi connectivity index (χ1v) is 9.43. The van der Waals surface area contributed by atoms with Crippen molar-refractivity contribution in [2.75, 3.05) is 19.6 Å². The third-order valence-electron chi connectivity index (χ3n) is 5.03. The second-order valence-corrected chi connectivity index (χ2v) is 7.59. The quantitative estimate of drug-likeness (QED) is 0.854. The highest BCUT2D eigenvalue weighted by atomic mass is 19.1. The Labute approximate surface area is 163 Å². The Kier molecular flexibility index (Phi) is 6.07. The van der Waals surface area contributed by atoms with Crippen LogP contribution in [-0.2, 0) is 4.79 Å². The lowest BCUT2D eigenvalue weighted by atomic mass is 9.88. The average molecular weight is 386 g/mol. The fourth-order valence-corrected chi connectivity index (χ4v) is 3.52. The van der Waals surface area contributed by atoms with E-state index in [9.17, 15) is 18.4 Å². The summed E-state index contributed by atoms with van der Waals surface area (Å²) in [5.74, 6) is -1.98. The third kappa shape index (κ3) is 4.38. The van der Waals surface area contributed by atoms with Crippen molar-refractivity contribution in [1.29, 1.82) is 0 Å². The topological polar surface area (TPSA) is 49.4 Å². The van der Waals surface area contributed by atoms with Crippen molar-refractivity contribution in [3.05, 3.63) is 71.3 Å². The van der Waals surface area contributed by atoms with Crippen LogP contribution < -0.4 is 5.32 Å². The first-order valence-electron chi connectivity index (χ1n) is 9.43. The molecule has 1 aliphatic heterocycles. The Morgan fingerprint density at radius 2 is 1.75 bits per heavy atom. The molecule has 148 valence electrons. The molecule has 1 fully saturated rings. The van der Waals surface area contributed by atoms with Crippen LogP contribution in [0.15, 0.2) is 48.5 Å². The molecule has 2 unspecified atom stereocenters. The smallest absolute Gasteiger partial charge is 0.256 e. The lowest BCUT2D eigenvalue weighted by Gasteiger charge is -2.18. The molecular formula is C22H24F2N2O2. The lowest BCUT2D eigenvalue weighted by molar-refractivity contribution is -0.125. The number of nitrogens with one attached hydrogen (secondary N) is 1. The highest BCUT2D eigenvalue weighted by Gasteiger charge is 2.40. The van der Waals surface area contributed by atoms with Crippen LogP contribution in [0.3, 0.4) is 0 Å². The fraction of sp³-hybridized carbons (Fsp3) is 0.364. The standard InChI is InChI=1S/C22H24F2N2O2/c1-14(2)11-25-21(27)19-13-26(22(28)17-5-3-4-6-20(17)24)12-18(19)15-7-9-16(23)10-8-15/h3-10,14,18-19H,11-13H2,1-2H3,(H,25,27). The number of rotatable bonds is 5. The molecule has 4 nitrogen and oxygen atoms in total. The molecule has 0 aliphatic carbocycles. The Morgan fingerprint density at radius 1 is 1.07 bits per heavy atom. The molecule has 1 aliphatic rings. The molecule has 2 aromatic rings. The second-order valence-electron chi connectivity index (χ2n) is 7.59. The van der Waals surface area contributed by atoms with Crippen LogP contribution in [0.4, 0.5) is 8.78 Å². The zero-order valence-corrected chi connectivity index (χ0v) is 16.0. The number of carbonyl (C=O) groups excluding carboxylic acids is 2. The molecule has 3 rings (SSSR count). The number of carbonyl (C=O) groups is 2. The van der Waals surface area contributed by atoms with E-state index in [1.54, 1.807) is 18.2 Å². The predicted octanol–water partition coefficient (Wildman–Crippen LogP) is 3.59. The number of likely N-dealkylation sites (tertiary alicyclic amines) is 1. The molecule has 2 aromatic carbocycles. The van der Waals surface area contributed by atoms with Crippen molar-refractivity contribution in [3.8, 4) is 0 Å². The van der Waals surface area contributed by atoms with Crippen LogP contribution in [0.5, 0.6) is 0 Å². The van der Waals surface area contributed by atoms with E-state index in [4.69, 9.17) is 0 Å². The number of hydrogen-bond acceptors (Lipinski definition) is 2. The van der Waals surface area contributed by atoms with Crippen molar-refractivity contribution in [2.24, 2.45) is 11.8 Å². The summed E-state index contributed by atoms with van der Waals surface area (Å²) in [6.07, 6.45) is 0. The molecule has 6 heteroatoms. The average Bonchev–Trinajstić information content (AvgIpc) is 3.12. The highest BCUT2D eigenvalue weighted by molar-refractivity contribution is 5.95. The molecule has 2 atom stereocenters. The van der Waals surface area contributed by atoms with E-state index in [1.165, 1.54) is 35.2 Å². The van der Waals surface area contributed by atoms with E-state index in [0.29, 0.717) is 12.5 Å². The largest absolute Gasteiger partial charge is 0.356 e. The van der Waals surface area contributed by atoms with Crippen LogP contribution in [0.2, 0.25) is 0 Å². The van der Waals surface area contributed by atoms with Crippen LogP contribution >= 0.6 is 0 Å². The molecule has 0 aromatic heterocycles. The molecule has 0 bridgehead atoms. The molecule has 1 heterocycles. The van der Waals surface area contributed by atoms with Crippen molar-refractivity contribution in [1.82, 2.24) is 10.2 Å². The highest BCUT2D eigenvalue weighted by Crippen LogP contribution is 2.34. The van der Waals surface area contributed by atoms with E-state index in [1.807, 2.05) is 13.8 Å². The summed E-state index contributed by atoms with van der Waals surface area (Å²) < 4.78 is 27.4. The van der Waals surface area contributed by atoms with E-state index in [0.717, 1.165) is 5.56 Å². The Balaban J connectivity index is 1.85. The van der Waals surface area contributed by atoms with Gasteiger partial charge in [0.05, 0.1) is 11.5 Å². The first-order chi connectivity index (χ1) is 13.4. The van der Waals surface area contributed by atoms with Crippen LogP contribution in [-0.4, -0.2) is 36.3 Å². The van der Waals surface area contributed by atoms with Crippen LogP contribution in [0, 0.1) is 23.5 Å². The first kappa shape index (κ1) is 20.0. The normalized spacial score (nSPS) is 19.1. The van der Waals surface area contributed by atoms with Gasteiger partial charge >= 0.3 is 0 Å². The maximum Gasteiger partial charge on any atom is 0.256 e. The monoisotopic (exact) mass is 386 g/mol. The van der Waals surface area contributed by atoms with Gasteiger partial charge in [0, 0.05) is 25.6 Å². The number of amides is 2. The van der Waals surface area contributed by atoms with Gasteiger partial charge in [0.15, 0.2) is 0 Å². The third-order valence-corrected chi connectivity index (χ3v) is 5.03. The maximum absolute atomic E-state index is 14.1. The molecule has 0 spiro atoms. The minimum atomic E-state index is -0.585. The maximum atomic E-state index is 14.1. The molecule has 28 heavy (non-hydrogen) atoms. The second kappa shape index (κ2) is 8.50. The molecule has 0 saturated carbocycles. The van der Waals surface area contributed by atoms with Crippen molar-refractivity contribution >= 4 is 11.8 Å². The van der Waals surface area contributed by atoms with Gasteiger partial charge in [0.2, 0.25) is 5.91 Å². The molecule has 0 radical (unpaired) electrons. The van der Waals surface area contributed by atoms with Crippen molar-refractivity contribution in [3.63, 3.8) is 0 Å². The Bertz CT molecular complexity index is 852. The summed E-state index contributed by atoms with van der Waals surface area (Å²) in [7, 11) is 0. The predicted molar refractivity (Wildman–Crippen MR) is 103 cm³/mol. The number of benzene rings is 2. The van der Waals surface area contributed by atoms with E-state index < -0.39 is 17.6 Å². The Morgan fingerprint density at radius 3 is 2.39 bits per heavy atom. The summed E-state index contributed by atoms with van der Waals surface area (Å²) in [5, 5.41) is 2.92. The minimum absolute atomic E-state index is 0.0106. The lowest BCUT2D eigenvalue weighted by Crippen LogP contribution is -2.37. The van der Waals surface area contributed by atoms with Gasteiger partial charge in [-0.2, -0.15) is 0 Å². The van der Waals surface area contributed by atoms with Gasteiger partial charge in [0.25, 0.3) is 5.91 Å². The zero-order chi connectivity index (χ0) is 20.3. The minimum Gasteiger partial charge on any atom is -0.356 e. The summed E-state index contributed by atoms with van der Waals surface area (Å²) in [5.41, 5.74) is 0.776. The number of nitrogens with zero attached hydrogens (tertiary/aromatic N) is 1. The van der Waals surface area contributed by atoms with Gasteiger partial charge in [0.1, 0.15) is 11.6 Å². The SMILES string of the molecule is CC(C)CNC(=O)C1CN(C(=O)c2ccccc2F)CC1c1ccc(F)cc1. The fourth-order valence-electron chi connectivity index (χ4n) is 3.52.